The van der Waals surface area contributed by atoms with Gasteiger partial charge < -0.3 is 9.47 Å². The summed E-state index contributed by atoms with van der Waals surface area (Å²) < 4.78 is 2.65. The van der Waals surface area contributed by atoms with Gasteiger partial charge in [-0.2, -0.15) is 0 Å². The zero-order valence-corrected chi connectivity index (χ0v) is 44.2. The van der Waals surface area contributed by atoms with Gasteiger partial charge in [-0.05, 0) is 159 Å². The van der Waals surface area contributed by atoms with Crippen LogP contribution >= 0.6 is 0 Å². The Morgan fingerprint density at radius 3 is 1.60 bits per heavy atom. The van der Waals surface area contributed by atoms with E-state index in [-0.39, 0.29) is 17.5 Å². The molecule has 0 saturated carbocycles. The Balaban J connectivity index is 1.14. The molecule has 5 heteroatoms. The molecule has 4 nitrogen and oxygen atoms in total. The first kappa shape index (κ1) is 45.3. The van der Waals surface area contributed by atoms with Crippen molar-refractivity contribution in [3.63, 3.8) is 0 Å². The van der Waals surface area contributed by atoms with Gasteiger partial charge in [-0.1, -0.05) is 181 Å². The molecule has 2 aliphatic heterocycles. The maximum Gasteiger partial charge on any atom is 0.252 e. The zero-order chi connectivity index (χ0) is 51.9. The number of pyridine rings is 2. The minimum atomic E-state index is -0.0726. The molecule has 77 heavy (non-hydrogen) atoms. The van der Waals surface area contributed by atoms with E-state index in [4.69, 9.17) is 9.97 Å². The Hall–Kier alpha value is -9.06. The lowest BCUT2D eigenvalue weighted by Gasteiger charge is -2.41. The molecule has 366 valence electrons. The molecule has 3 aromatic heterocycles. The van der Waals surface area contributed by atoms with E-state index >= 15 is 0 Å². The molecule has 0 spiro atoms. The van der Waals surface area contributed by atoms with E-state index < -0.39 is 0 Å². The predicted molar refractivity (Wildman–Crippen MR) is 327 cm³/mol. The molecular formula is C72H55BN4. The van der Waals surface area contributed by atoms with Crippen molar-refractivity contribution in [2.45, 2.75) is 52.4 Å². The largest absolute Gasteiger partial charge is 0.311 e. The lowest BCUT2D eigenvalue weighted by atomic mass is 9.33. The quantitative estimate of drug-likeness (QED) is 0.127. The summed E-state index contributed by atoms with van der Waals surface area (Å²) in [6, 6.07) is 75.7. The fourth-order valence-corrected chi connectivity index (χ4v) is 13.2. The van der Waals surface area contributed by atoms with Gasteiger partial charge in [0.15, 0.2) is 0 Å². The smallest absolute Gasteiger partial charge is 0.252 e. The summed E-state index contributed by atoms with van der Waals surface area (Å²) in [6.45, 7) is 13.9. The van der Waals surface area contributed by atoms with Crippen LogP contribution in [0.15, 0.2) is 225 Å². The number of anilines is 3. The molecular weight excluding hydrogens is 932 g/mol. The summed E-state index contributed by atoms with van der Waals surface area (Å²) in [6.07, 6.45) is 7.78. The normalized spacial score (nSPS) is 13.0. The van der Waals surface area contributed by atoms with Crippen LogP contribution in [-0.4, -0.2) is 21.2 Å². The maximum atomic E-state index is 4.77. The van der Waals surface area contributed by atoms with Gasteiger partial charge in [-0.3, -0.25) is 9.97 Å². The van der Waals surface area contributed by atoms with Crippen LogP contribution in [0.5, 0.6) is 0 Å². The highest BCUT2D eigenvalue weighted by Crippen LogP contribution is 2.50. The molecule has 13 aromatic rings. The Labute approximate surface area is 450 Å². The number of aromatic nitrogens is 3. The standard InChI is InChI=1S/C72H55BN4/c1-71(2,3)49-27-30-51(31-28-49)76-62-33-29-50(72(4,5)6)41-61(62)73-60-26-14-25-57-68-63(34-32-56-54-23-11-10-21-52(54)53-22-12-13-24-55(53)67(56)68)77(70(57)60)65-40-48(39-64(76)69(65)73)66-58(45-19-15-35-74-42-45)37-47(44-17-8-7-9-18-44)38-59(66)46-20-16-36-75-43-46/h7-43H,1-6H3. The van der Waals surface area contributed by atoms with E-state index in [0.717, 1.165) is 50.2 Å². The summed E-state index contributed by atoms with van der Waals surface area (Å²) in [5.74, 6) is 0. The van der Waals surface area contributed by atoms with Gasteiger partial charge in [0, 0.05) is 80.3 Å². The number of hydrogen-bond acceptors (Lipinski definition) is 3. The van der Waals surface area contributed by atoms with E-state index in [2.05, 4.69) is 251 Å². The average molecular weight is 987 g/mol. The molecule has 0 atom stereocenters. The second kappa shape index (κ2) is 16.7. The summed E-state index contributed by atoms with van der Waals surface area (Å²) in [4.78, 5) is 12.1. The molecule has 0 saturated heterocycles. The van der Waals surface area contributed by atoms with E-state index in [9.17, 15) is 0 Å². The highest BCUT2D eigenvalue weighted by molar-refractivity contribution is 7.00. The lowest BCUT2D eigenvalue weighted by Crippen LogP contribution is -2.60. The van der Waals surface area contributed by atoms with Crippen molar-refractivity contribution in [2.75, 3.05) is 4.90 Å². The highest BCUT2D eigenvalue weighted by Gasteiger charge is 2.43. The maximum absolute atomic E-state index is 4.77. The van der Waals surface area contributed by atoms with Gasteiger partial charge in [-0.25, -0.2) is 0 Å². The lowest BCUT2D eigenvalue weighted by molar-refractivity contribution is 0.590. The first-order valence-corrected chi connectivity index (χ1v) is 27.1. The summed E-state index contributed by atoms with van der Waals surface area (Å²) >= 11 is 0. The van der Waals surface area contributed by atoms with Gasteiger partial charge in [0.25, 0.3) is 6.71 Å². The molecule has 0 unspecified atom stereocenters. The van der Waals surface area contributed by atoms with Crippen LogP contribution in [0.4, 0.5) is 17.1 Å². The number of nitrogens with zero attached hydrogens (tertiary/aromatic N) is 4. The topological polar surface area (TPSA) is 34.0 Å². The van der Waals surface area contributed by atoms with E-state index in [1.54, 1.807) is 0 Å². The molecule has 0 bridgehead atoms. The number of hydrogen-bond donors (Lipinski definition) is 0. The van der Waals surface area contributed by atoms with Crippen LogP contribution < -0.4 is 21.3 Å². The summed E-state index contributed by atoms with van der Waals surface area (Å²) in [5, 5.41) is 10.2. The van der Waals surface area contributed by atoms with Gasteiger partial charge in [0.1, 0.15) is 0 Å². The van der Waals surface area contributed by atoms with Crippen molar-refractivity contribution in [2.24, 2.45) is 0 Å². The molecule has 0 amide bonds. The Kier molecular flexibility index (Phi) is 9.85. The minimum absolute atomic E-state index is 0.00618. The van der Waals surface area contributed by atoms with E-state index in [0.29, 0.717) is 0 Å². The van der Waals surface area contributed by atoms with Crippen molar-refractivity contribution >= 4 is 94.3 Å². The molecule has 15 rings (SSSR count). The minimum Gasteiger partial charge on any atom is -0.311 e. The monoisotopic (exact) mass is 986 g/mol. The number of benzene rings is 10. The van der Waals surface area contributed by atoms with Crippen LogP contribution in [0.3, 0.4) is 0 Å². The van der Waals surface area contributed by atoms with Crippen LogP contribution in [0.1, 0.15) is 52.7 Å². The van der Waals surface area contributed by atoms with Crippen molar-refractivity contribution in [1.82, 2.24) is 14.5 Å². The predicted octanol–water partition coefficient (Wildman–Crippen LogP) is 16.9. The number of rotatable bonds is 5. The van der Waals surface area contributed by atoms with Gasteiger partial charge in [-0.15, -0.1) is 0 Å². The molecule has 0 N–H and O–H groups in total. The van der Waals surface area contributed by atoms with Crippen molar-refractivity contribution in [1.29, 1.82) is 0 Å². The van der Waals surface area contributed by atoms with Crippen molar-refractivity contribution in [3.8, 4) is 50.2 Å². The van der Waals surface area contributed by atoms with Crippen molar-refractivity contribution < 1.29 is 0 Å². The third kappa shape index (κ3) is 6.86. The Bertz CT molecular complexity index is 4470. The fraction of sp³-hybridized carbons (Fsp3) is 0.111. The third-order valence-electron chi connectivity index (χ3n) is 16.8. The van der Waals surface area contributed by atoms with Crippen LogP contribution in [0.2, 0.25) is 0 Å². The fourth-order valence-electron chi connectivity index (χ4n) is 13.2. The SMILES string of the molecule is CC(C)(C)c1ccc(N2c3ccc(C(C)(C)C)cc3B3c4c2cc(-c2c(-c5cccnc5)cc(-c5ccccc5)cc2-c2cccnc2)cc4-n2c4ccc5c6ccccc6c6ccccc6c5c4c4cccc3c42)cc1. The average Bonchev–Trinajstić information content (AvgIpc) is 4.10. The molecule has 0 radical (unpaired) electrons. The number of fused-ring (bicyclic) bond motifs is 14. The van der Waals surface area contributed by atoms with Crippen LogP contribution in [0, 0.1) is 0 Å². The molecule has 0 aliphatic carbocycles. The highest BCUT2D eigenvalue weighted by atomic mass is 15.2. The van der Waals surface area contributed by atoms with E-state index in [1.807, 2.05) is 24.8 Å². The van der Waals surface area contributed by atoms with Crippen LogP contribution in [-0.2, 0) is 10.8 Å². The molecule has 10 aromatic carbocycles. The van der Waals surface area contributed by atoms with Gasteiger partial charge >= 0.3 is 0 Å². The first-order valence-electron chi connectivity index (χ1n) is 27.1. The molecule has 0 fully saturated rings. The Morgan fingerprint density at radius 1 is 0.390 bits per heavy atom. The summed E-state index contributed by atoms with van der Waals surface area (Å²) in [5.41, 5.74) is 22.5. The van der Waals surface area contributed by atoms with Gasteiger partial charge in [0.2, 0.25) is 0 Å². The van der Waals surface area contributed by atoms with Crippen molar-refractivity contribution in [3.05, 3.63) is 236 Å². The first-order chi connectivity index (χ1) is 37.5. The van der Waals surface area contributed by atoms with E-state index in [1.165, 1.54) is 98.7 Å². The third-order valence-corrected chi connectivity index (χ3v) is 16.8. The van der Waals surface area contributed by atoms with Gasteiger partial charge in [0.05, 0.1) is 5.52 Å². The van der Waals surface area contributed by atoms with Crippen LogP contribution in [0.25, 0.3) is 104 Å². The zero-order valence-electron chi connectivity index (χ0n) is 44.2. The second-order valence-corrected chi connectivity index (χ2v) is 23.4. The summed E-state index contributed by atoms with van der Waals surface area (Å²) in [7, 11) is 0. The number of para-hydroxylation sites is 1. The molecule has 5 heterocycles. The Morgan fingerprint density at radius 2 is 0.961 bits per heavy atom. The molecule has 2 aliphatic rings. The second-order valence-electron chi connectivity index (χ2n) is 23.4.